The molecule has 8 heavy (non-hydrogen) atoms. The third-order valence-electron chi connectivity index (χ3n) is 1.13. The van der Waals surface area contributed by atoms with Gasteiger partial charge in [0.15, 0.2) is 0 Å². The average molecular weight is 160 g/mol. The summed E-state index contributed by atoms with van der Waals surface area (Å²) >= 11 is 0. The predicted molar refractivity (Wildman–Crippen MR) is 32.7 cm³/mol. The maximum Gasteiger partial charge on any atom is 0 e. The van der Waals surface area contributed by atoms with Crippen LogP contribution in [0.25, 0.3) is 5.32 Å². The molecule has 0 aromatic heterocycles. The second-order valence-corrected chi connectivity index (χ2v) is 1.73. The van der Waals surface area contributed by atoms with Gasteiger partial charge in [0.05, 0.1) is 0 Å². The number of nitrogens with zero attached hydrogens (tertiary/aromatic N) is 1. The summed E-state index contributed by atoms with van der Waals surface area (Å²) in [4.78, 5) is 0. The quantitative estimate of drug-likeness (QED) is 0.472. The van der Waals surface area contributed by atoms with E-state index in [-0.39, 0.29) is 27.9 Å². The maximum absolute atomic E-state index is 4.18. The van der Waals surface area contributed by atoms with E-state index in [1.54, 1.807) is 0 Å². The number of rotatable bonds is 0. The topological polar surface area (TPSA) is 14.1 Å². The van der Waals surface area contributed by atoms with Crippen LogP contribution in [0.15, 0.2) is 0 Å². The average Bonchev–Trinajstić information content (AvgIpc) is 1.72. The zero-order valence-corrected chi connectivity index (χ0v) is 8.23. The van der Waals surface area contributed by atoms with Crippen molar-refractivity contribution in [3.8, 4) is 0 Å². The molecule has 3 heteroatoms. The zero-order chi connectivity index (χ0) is 4.24. The van der Waals surface area contributed by atoms with Gasteiger partial charge >= 0.3 is 0 Å². The SMILES string of the molecule is C1CC[N-]CC1.[B].[Zn]. The molecule has 1 aliphatic rings. The van der Waals surface area contributed by atoms with Crippen molar-refractivity contribution in [3.05, 3.63) is 5.32 Å². The van der Waals surface area contributed by atoms with Crippen LogP contribution in [0, 0.1) is 0 Å². The molecule has 0 aromatic carbocycles. The van der Waals surface area contributed by atoms with Gasteiger partial charge in [-0.3, -0.25) is 0 Å². The minimum absolute atomic E-state index is 0. The van der Waals surface area contributed by atoms with E-state index in [1.165, 1.54) is 19.3 Å². The van der Waals surface area contributed by atoms with Gasteiger partial charge in [-0.05, 0) is 0 Å². The van der Waals surface area contributed by atoms with E-state index < -0.39 is 0 Å². The number of hydrogen-bond donors (Lipinski definition) is 0. The molecule has 1 rings (SSSR count). The summed E-state index contributed by atoms with van der Waals surface area (Å²) in [5.41, 5.74) is 0. The van der Waals surface area contributed by atoms with Gasteiger partial charge in [0.2, 0.25) is 0 Å². The molecule has 0 unspecified atom stereocenters. The molecule has 0 spiro atoms. The molecule has 41 valence electrons. The fraction of sp³-hybridized carbons (Fsp3) is 1.00. The molecule has 0 amide bonds. The van der Waals surface area contributed by atoms with Crippen molar-refractivity contribution in [2.75, 3.05) is 13.1 Å². The summed E-state index contributed by atoms with van der Waals surface area (Å²) in [7, 11) is 0. The molecule has 1 aliphatic heterocycles. The predicted octanol–water partition coefficient (Wildman–Crippen LogP) is 1.16. The van der Waals surface area contributed by atoms with Crippen LogP contribution in [0.1, 0.15) is 19.3 Å². The largest absolute Gasteiger partial charge is 0.662 e. The van der Waals surface area contributed by atoms with Crippen molar-refractivity contribution >= 4 is 8.41 Å². The normalized spacial score (nSPS) is 18.0. The first kappa shape index (κ1) is 11.4. The standard InChI is InChI=1S/C5H10N.B.Zn/c1-2-4-6-5-3-1;;/h1-5H2;;/q-1;;. The van der Waals surface area contributed by atoms with Gasteiger partial charge in [0.1, 0.15) is 0 Å². The Bertz CT molecular complexity index is 27.9. The van der Waals surface area contributed by atoms with Crippen LogP contribution < -0.4 is 0 Å². The van der Waals surface area contributed by atoms with Crippen molar-refractivity contribution in [3.63, 3.8) is 0 Å². The molecule has 0 N–H and O–H groups in total. The number of piperidine rings is 1. The molecule has 0 saturated carbocycles. The Labute approximate surface area is 65.9 Å². The van der Waals surface area contributed by atoms with Crippen molar-refractivity contribution in [1.29, 1.82) is 0 Å². The molecule has 0 aromatic rings. The number of hydrogen-bond acceptors (Lipinski definition) is 0. The summed E-state index contributed by atoms with van der Waals surface area (Å²) in [6.07, 6.45) is 4.07. The summed E-state index contributed by atoms with van der Waals surface area (Å²) in [6, 6.07) is 0. The van der Waals surface area contributed by atoms with E-state index in [0.29, 0.717) is 0 Å². The Kier molecular flexibility index (Phi) is 10.9. The van der Waals surface area contributed by atoms with Gasteiger partial charge in [0, 0.05) is 27.9 Å². The van der Waals surface area contributed by atoms with Crippen molar-refractivity contribution in [2.45, 2.75) is 19.3 Å². The first-order chi connectivity index (χ1) is 3.00. The molecule has 1 nitrogen and oxygen atoms in total. The van der Waals surface area contributed by atoms with E-state index in [1.807, 2.05) is 0 Å². The Morgan fingerprint density at radius 2 is 1.38 bits per heavy atom. The molecule has 3 radical (unpaired) electrons. The third-order valence-corrected chi connectivity index (χ3v) is 1.13. The molecular weight excluding hydrogens is 150 g/mol. The molecule has 1 heterocycles. The van der Waals surface area contributed by atoms with Gasteiger partial charge < -0.3 is 5.32 Å². The smallest absolute Gasteiger partial charge is 0 e. The fourth-order valence-electron chi connectivity index (χ4n) is 0.736. The monoisotopic (exact) mass is 159 g/mol. The summed E-state index contributed by atoms with van der Waals surface area (Å²) in [5, 5.41) is 4.18. The van der Waals surface area contributed by atoms with Crippen molar-refractivity contribution < 1.29 is 19.5 Å². The summed E-state index contributed by atoms with van der Waals surface area (Å²) in [6.45, 7) is 2.25. The van der Waals surface area contributed by atoms with Gasteiger partial charge in [-0.1, -0.05) is 19.3 Å². The second-order valence-electron chi connectivity index (χ2n) is 1.73. The van der Waals surface area contributed by atoms with E-state index in [9.17, 15) is 0 Å². The van der Waals surface area contributed by atoms with E-state index in [2.05, 4.69) is 5.32 Å². The summed E-state index contributed by atoms with van der Waals surface area (Å²) < 4.78 is 0. The zero-order valence-electron chi connectivity index (χ0n) is 5.27. The third kappa shape index (κ3) is 4.80. The Morgan fingerprint density at radius 1 is 0.875 bits per heavy atom. The van der Waals surface area contributed by atoms with Gasteiger partial charge in [0.25, 0.3) is 0 Å². The maximum atomic E-state index is 4.18. The van der Waals surface area contributed by atoms with Crippen molar-refractivity contribution in [2.24, 2.45) is 0 Å². The Balaban J connectivity index is 0. The van der Waals surface area contributed by atoms with Crippen molar-refractivity contribution in [1.82, 2.24) is 0 Å². The van der Waals surface area contributed by atoms with Crippen LogP contribution in [0.2, 0.25) is 0 Å². The van der Waals surface area contributed by atoms with Crippen LogP contribution >= 0.6 is 0 Å². The van der Waals surface area contributed by atoms with Gasteiger partial charge in [-0.2, -0.15) is 0 Å². The van der Waals surface area contributed by atoms with Crippen LogP contribution in [0.5, 0.6) is 0 Å². The van der Waals surface area contributed by atoms with E-state index >= 15 is 0 Å². The van der Waals surface area contributed by atoms with E-state index in [4.69, 9.17) is 0 Å². The summed E-state index contributed by atoms with van der Waals surface area (Å²) in [5.74, 6) is 0. The Morgan fingerprint density at radius 3 is 1.50 bits per heavy atom. The van der Waals surface area contributed by atoms with Gasteiger partial charge in [-0.15, -0.1) is 13.1 Å². The fourth-order valence-corrected chi connectivity index (χ4v) is 0.736. The molecule has 1 fully saturated rings. The minimum atomic E-state index is 0. The van der Waals surface area contributed by atoms with Crippen LogP contribution in [0.4, 0.5) is 0 Å². The first-order valence-electron chi connectivity index (χ1n) is 2.63. The van der Waals surface area contributed by atoms with Crippen LogP contribution in [-0.2, 0) is 19.5 Å². The molecule has 0 atom stereocenters. The van der Waals surface area contributed by atoms with E-state index in [0.717, 1.165) is 13.1 Å². The van der Waals surface area contributed by atoms with Crippen LogP contribution in [-0.4, -0.2) is 21.5 Å². The Hall–Kier alpha value is 0.648. The van der Waals surface area contributed by atoms with Crippen LogP contribution in [0.3, 0.4) is 0 Å². The van der Waals surface area contributed by atoms with Gasteiger partial charge in [-0.25, -0.2) is 0 Å². The molecule has 0 bridgehead atoms. The first-order valence-corrected chi connectivity index (χ1v) is 2.63. The molecule has 0 aliphatic carbocycles. The molecular formula is C5H10BNZn-. The minimum Gasteiger partial charge on any atom is -0.662 e. The second kappa shape index (κ2) is 7.65. The molecule has 1 saturated heterocycles.